The Morgan fingerprint density at radius 3 is 2.47 bits per heavy atom. The summed E-state index contributed by atoms with van der Waals surface area (Å²) in [6, 6.07) is 0.336. The van der Waals surface area contributed by atoms with E-state index in [9.17, 15) is 4.79 Å². The van der Waals surface area contributed by atoms with Gasteiger partial charge in [0.05, 0.1) is 0 Å². The largest absolute Gasteiger partial charge is 0.490 e. The Kier molecular flexibility index (Phi) is 14.9. The van der Waals surface area contributed by atoms with Gasteiger partial charge in [0.2, 0.25) is 0 Å². The molecule has 0 bridgehead atoms. The Morgan fingerprint density at radius 1 is 1.47 bits per heavy atom. The molecular weight excluding hydrogens is 289 g/mol. The van der Waals surface area contributed by atoms with Gasteiger partial charge in [-0.1, -0.05) is 19.8 Å². The molecule has 1 radical (unpaired) electrons. The second kappa shape index (κ2) is 12.8. The molecule has 0 aromatic heterocycles. The fourth-order valence-electron chi connectivity index (χ4n) is 1.75. The van der Waals surface area contributed by atoms with Crippen molar-refractivity contribution in [3.8, 4) is 0 Å². The summed E-state index contributed by atoms with van der Waals surface area (Å²) < 4.78 is 0. The second-order valence-electron chi connectivity index (χ2n) is 4.23. The number of carbonyl (C=O) groups excluding carboxylic acids is 1. The van der Waals surface area contributed by atoms with Crippen molar-refractivity contribution in [1.29, 1.82) is 0 Å². The number of rotatable bonds is 2. The quantitative estimate of drug-likeness (QED) is 0.779. The molecule has 1 unspecified atom stereocenters. The molecule has 0 aromatic rings. The summed E-state index contributed by atoms with van der Waals surface area (Å²) in [6.45, 7) is 8.80. The van der Waals surface area contributed by atoms with Crippen molar-refractivity contribution in [3.63, 3.8) is 0 Å². The molecule has 0 aliphatic carbocycles. The van der Waals surface area contributed by atoms with E-state index in [0.717, 1.165) is 25.8 Å². The van der Waals surface area contributed by atoms with Crippen LogP contribution in [0.5, 0.6) is 0 Å². The van der Waals surface area contributed by atoms with Gasteiger partial charge in [0.1, 0.15) is 0 Å². The first-order valence-electron chi connectivity index (χ1n) is 6.30. The second-order valence-corrected chi connectivity index (χ2v) is 4.23. The van der Waals surface area contributed by atoms with Crippen LogP contribution in [0.25, 0.3) is 0 Å². The number of hydrogen-bond acceptors (Lipinski definition) is 1. The third-order valence-corrected chi connectivity index (χ3v) is 2.82. The van der Waals surface area contributed by atoms with Crippen molar-refractivity contribution in [2.75, 3.05) is 6.54 Å². The third-order valence-electron chi connectivity index (χ3n) is 2.82. The monoisotopic (exact) mass is 315 g/mol. The van der Waals surface area contributed by atoms with Crippen LogP contribution in [0.4, 0.5) is 4.79 Å². The van der Waals surface area contributed by atoms with Crippen LogP contribution in [-0.4, -0.2) is 23.5 Å². The molecule has 1 atom stereocenters. The minimum Gasteiger partial charge on any atom is -0.490 e. The van der Waals surface area contributed by atoms with Gasteiger partial charge < -0.3 is 17.1 Å². The van der Waals surface area contributed by atoms with Crippen LogP contribution < -0.4 is 5.32 Å². The fraction of sp³-hybridized carbons (Fsp3) is 0.769. The summed E-state index contributed by atoms with van der Waals surface area (Å²) in [7, 11) is 3.35. The molecule has 1 heterocycles. The van der Waals surface area contributed by atoms with Crippen molar-refractivity contribution in [1.82, 2.24) is 10.2 Å². The van der Waals surface area contributed by atoms with Gasteiger partial charge in [-0.25, -0.2) is 0 Å². The van der Waals surface area contributed by atoms with E-state index in [4.69, 9.17) is 0 Å². The van der Waals surface area contributed by atoms with Gasteiger partial charge >= 0.3 is 0 Å². The average Bonchev–Trinajstić information content (AvgIpc) is 2.31. The summed E-state index contributed by atoms with van der Waals surface area (Å²) >= 11 is 0. The van der Waals surface area contributed by atoms with Crippen LogP contribution in [0.1, 0.15) is 52.4 Å². The minimum absolute atomic E-state index is 0. The number of piperidine rings is 1. The molecule has 1 N–H and O–H groups in total. The van der Waals surface area contributed by atoms with Crippen molar-refractivity contribution >= 4 is 6.03 Å². The first kappa shape index (κ1) is 19.7. The van der Waals surface area contributed by atoms with E-state index < -0.39 is 0 Å². The topological polar surface area (TPSA) is 32.3 Å². The molecule has 1 aliphatic heterocycles. The number of nitrogens with one attached hydrogen (secondary N) is 1. The molecule has 17 heavy (non-hydrogen) atoms. The molecule has 2 amide bonds. The van der Waals surface area contributed by atoms with Crippen LogP contribution in [0.2, 0.25) is 0 Å². The maximum Gasteiger partial charge on any atom is 0.288 e. The summed E-state index contributed by atoms with van der Waals surface area (Å²) in [5.74, 6) is 0. The molecule has 0 saturated carbocycles. The predicted octanol–water partition coefficient (Wildman–Crippen LogP) is 3.37. The number of carbonyl (C=O) groups is 1. The van der Waals surface area contributed by atoms with Crippen LogP contribution in [0, 0.1) is 14.0 Å². The van der Waals surface area contributed by atoms with Gasteiger partial charge in [-0.2, -0.15) is 6.42 Å². The number of nitrogens with zero attached hydrogens (tertiary/aromatic N) is 1. The van der Waals surface area contributed by atoms with Gasteiger partial charge in [0.25, 0.3) is 6.03 Å². The normalized spacial score (nSPS) is 18.6. The van der Waals surface area contributed by atoms with E-state index in [0.29, 0.717) is 6.04 Å². The van der Waals surface area contributed by atoms with Gasteiger partial charge in [0, 0.05) is 45.3 Å². The summed E-state index contributed by atoms with van der Waals surface area (Å²) in [4.78, 5) is 13.0. The molecule has 1 rings (SSSR count). The fourth-order valence-corrected chi connectivity index (χ4v) is 1.75. The molecule has 99 valence electrons. The van der Waals surface area contributed by atoms with Crippen LogP contribution in [0.3, 0.4) is 0 Å². The SMILES string of the molecule is [CH2-]CCCC.[CH2-]NC(=O)N1CCCCC1C.[Y]. The number of hydrogen-bond donors (Lipinski definition) is 1. The Balaban J connectivity index is 0. The first-order valence-corrected chi connectivity index (χ1v) is 6.30. The summed E-state index contributed by atoms with van der Waals surface area (Å²) in [5.41, 5.74) is 0. The van der Waals surface area contributed by atoms with E-state index in [-0.39, 0.29) is 38.7 Å². The smallest absolute Gasteiger partial charge is 0.288 e. The number of urea groups is 1. The zero-order valence-corrected chi connectivity index (χ0v) is 14.2. The van der Waals surface area contributed by atoms with Crippen LogP contribution in [0.15, 0.2) is 0 Å². The van der Waals surface area contributed by atoms with Crippen molar-refractivity contribution < 1.29 is 37.5 Å². The maximum absolute atomic E-state index is 11.1. The van der Waals surface area contributed by atoms with Gasteiger partial charge in [-0.3, -0.25) is 11.8 Å². The zero-order chi connectivity index (χ0) is 12.4. The van der Waals surface area contributed by atoms with E-state index >= 15 is 0 Å². The Hall–Kier alpha value is 0.374. The predicted molar refractivity (Wildman–Crippen MR) is 68.8 cm³/mol. The minimum atomic E-state index is -0.0443. The molecular formula is C13H26N2OY-2. The third kappa shape index (κ3) is 9.01. The molecule has 1 aliphatic rings. The maximum atomic E-state index is 11.1. The van der Waals surface area contributed by atoms with E-state index in [1.165, 1.54) is 19.3 Å². The van der Waals surface area contributed by atoms with Gasteiger partial charge in [-0.05, 0) is 26.2 Å². The summed E-state index contributed by atoms with van der Waals surface area (Å²) in [5, 5.41) is 2.40. The number of unbranched alkanes of at least 4 members (excludes halogenated alkanes) is 2. The molecule has 3 nitrogen and oxygen atoms in total. The Morgan fingerprint density at radius 2 is 2.12 bits per heavy atom. The number of amides is 2. The molecule has 4 heteroatoms. The molecule has 1 fully saturated rings. The van der Waals surface area contributed by atoms with Gasteiger partial charge in [-0.15, -0.1) is 0 Å². The van der Waals surface area contributed by atoms with Crippen molar-refractivity contribution in [2.24, 2.45) is 0 Å². The van der Waals surface area contributed by atoms with E-state index in [1.54, 1.807) is 0 Å². The zero-order valence-electron chi connectivity index (χ0n) is 11.4. The molecule has 1 saturated heterocycles. The Labute approximate surface area is 132 Å². The Bertz CT molecular complexity index is 186. The summed E-state index contributed by atoms with van der Waals surface area (Å²) in [6.07, 6.45) is 7.13. The van der Waals surface area contributed by atoms with Crippen LogP contribution >= 0.6 is 0 Å². The molecule has 0 aromatic carbocycles. The van der Waals surface area contributed by atoms with E-state index in [2.05, 4.69) is 33.1 Å². The van der Waals surface area contributed by atoms with Crippen molar-refractivity contribution in [2.45, 2.75) is 58.4 Å². The van der Waals surface area contributed by atoms with E-state index in [1.807, 2.05) is 4.90 Å². The average molecular weight is 315 g/mol. The number of likely N-dealkylation sites (tertiary alicyclic amines) is 1. The van der Waals surface area contributed by atoms with Crippen molar-refractivity contribution in [3.05, 3.63) is 14.0 Å². The first-order chi connectivity index (χ1) is 7.67. The molecule has 0 spiro atoms. The standard InChI is InChI=1S/C8H15N2O.C5H11.Y/c1-7-5-3-4-6-10(7)8(11)9-2;1-3-5-4-2;/h7H,2-6H2,1H3,(H,9,11);1,3-5H2,2H3;/q2*-1;. The van der Waals surface area contributed by atoms with Crippen LogP contribution in [-0.2, 0) is 32.7 Å². The van der Waals surface area contributed by atoms with Gasteiger partial charge in [0.15, 0.2) is 0 Å².